The van der Waals surface area contributed by atoms with Gasteiger partial charge in [0.2, 0.25) is 0 Å². The van der Waals surface area contributed by atoms with Gasteiger partial charge >= 0.3 is 0 Å². The summed E-state index contributed by atoms with van der Waals surface area (Å²) < 4.78 is 5.25. The smallest absolute Gasteiger partial charge is 0.121 e. The average molecular weight is 182 g/mol. The van der Waals surface area contributed by atoms with Gasteiger partial charge < -0.3 is 4.74 Å². The van der Waals surface area contributed by atoms with Crippen molar-refractivity contribution >= 4 is 0 Å². The van der Waals surface area contributed by atoms with Crippen LogP contribution in [0.5, 0.6) is 0 Å². The maximum atomic E-state index is 8.85. The van der Waals surface area contributed by atoms with Crippen LogP contribution in [0.2, 0.25) is 0 Å². The Bertz CT molecular complexity index is 176. The van der Waals surface area contributed by atoms with Gasteiger partial charge in [0, 0.05) is 6.54 Å². The molecule has 3 nitrogen and oxygen atoms in total. The molecule has 0 radical (unpaired) electrons. The molecule has 1 aliphatic rings. The molecule has 1 fully saturated rings. The SMILES string of the molecule is CCCCCN1CCOCC1C#N. The predicted molar refractivity (Wildman–Crippen MR) is 51.3 cm³/mol. The lowest BCUT2D eigenvalue weighted by molar-refractivity contribution is 0.0122. The molecule has 1 rings (SSSR count). The molecule has 1 unspecified atom stereocenters. The topological polar surface area (TPSA) is 36.3 Å². The Labute approximate surface area is 80.3 Å². The molecular weight excluding hydrogens is 164 g/mol. The van der Waals surface area contributed by atoms with Gasteiger partial charge in [0.15, 0.2) is 0 Å². The zero-order valence-corrected chi connectivity index (χ0v) is 8.33. The summed E-state index contributed by atoms with van der Waals surface area (Å²) in [6.45, 7) is 5.53. The summed E-state index contributed by atoms with van der Waals surface area (Å²) >= 11 is 0. The molecule has 74 valence electrons. The normalized spacial score (nSPS) is 24.2. The average Bonchev–Trinajstić information content (AvgIpc) is 2.19. The largest absolute Gasteiger partial charge is 0.377 e. The van der Waals surface area contributed by atoms with E-state index in [1.807, 2.05) is 0 Å². The van der Waals surface area contributed by atoms with Crippen molar-refractivity contribution in [3.05, 3.63) is 0 Å². The molecule has 0 aromatic rings. The van der Waals surface area contributed by atoms with Crippen LogP contribution in [-0.2, 0) is 4.74 Å². The molecule has 0 spiro atoms. The Morgan fingerprint density at radius 1 is 1.54 bits per heavy atom. The van der Waals surface area contributed by atoms with Crippen LogP contribution in [0.4, 0.5) is 0 Å². The van der Waals surface area contributed by atoms with E-state index in [1.54, 1.807) is 0 Å². The van der Waals surface area contributed by atoms with Crippen LogP contribution in [0, 0.1) is 11.3 Å². The van der Waals surface area contributed by atoms with Crippen LogP contribution in [0.15, 0.2) is 0 Å². The van der Waals surface area contributed by atoms with Gasteiger partial charge in [-0.3, -0.25) is 4.90 Å². The minimum atomic E-state index is -0.00870. The van der Waals surface area contributed by atoms with Crippen LogP contribution in [-0.4, -0.2) is 37.2 Å². The summed E-state index contributed by atoms with van der Waals surface area (Å²) in [7, 11) is 0. The molecule has 1 heterocycles. The van der Waals surface area contributed by atoms with E-state index >= 15 is 0 Å². The van der Waals surface area contributed by atoms with Gasteiger partial charge in [-0.1, -0.05) is 19.8 Å². The van der Waals surface area contributed by atoms with Crippen molar-refractivity contribution < 1.29 is 4.74 Å². The molecule has 3 heteroatoms. The number of nitrogens with zero attached hydrogens (tertiary/aromatic N) is 2. The van der Waals surface area contributed by atoms with Crippen LogP contribution >= 0.6 is 0 Å². The molecule has 1 atom stereocenters. The number of morpholine rings is 1. The van der Waals surface area contributed by atoms with Crippen molar-refractivity contribution in [3.8, 4) is 6.07 Å². The quantitative estimate of drug-likeness (QED) is 0.617. The van der Waals surface area contributed by atoms with E-state index in [-0.39, 0.29) is 6.04 Å². The Morgan fingerprint density at radius 3 is 3.08 bits per heavy atom. The van der Waals surface area contributed by atoms with Crippen LogP contribution in [0.3, 0.4) is 0 Å². The van der Waals surface area contributed by atoms with Crippen molar-refractivity contribution in [3.63, 3.8) is 0 Å². The molecule has 0 bridgehead atoms. The highest BCUT2D eigenvalue weighted by Gasteiger charge is 2.21. The number of hydrogen-bond acceptors (Lipinski definition) is 3. The van der Waals surface area contributed by atoms with Gasteiger partial charge in [-0.2, -0.15) is 5.26 Å². The van der Waals surface area contributed by atoms with Gasteiger partial charge in [0.1, 0.15) is 6.04 Å². The number of ether oxygens (including phenoxy) is 1. The Kier molecular flexibility index (Phi) is 4.81. The van der Waals surface area contributed by atoms with Crippen molar-refractivity contribution in [2.45, 2.75) is 32.2 Å². The fourth-order valence-corrected chi connectivity index (χ4v) is 1.59. The van der Waals surface area contributed by atoms with Gasteiger partial charge in [-0.05, 0) is 13.0 Å². The van der Waals surface area contributed by atoms with Gasteiger partial charge in [-0.15, -0.1) is 0 Å². The molecule has 13 heavy (non-hydrogen) atoms. The number of rotatable bonds is 4. The third kappa shape index (κ3) is 3.33. The molecule has 0 aliphatic carbocycles. The van der Waals surface area contributed by atoms with Crippen molar-refractivity contribution in [2.24, 2.45) is 0 Å². The summed E-state index contributed by atoms with van der Waals surface area (Å²) in [5.74, 6) is 0. The summed E-state index contributed by atoms with van der Waals surface area (Å²) in [5.41, 5.74) is 0. The second-order valence-corrected chi connectivity index (χ2v) is 3.46. The van der Waals surface area contributed by atoms with E-state index in [2.05, 4.69) is 17.9 Å². The second-order valence-electron chi connectivity index (χ2n) is 3.46. The van der Waals surface area contributed by atoms with Crippen LogP contribution in [0.1, 0.15) is 26.2 Å². The van der Waals surface area contributed by atoms with Crippen molar-refractivity contribution in [1.82, 2.24) is 4.90 Å². The van der Waals surface area contributed by atoms with E-state index in [4.69, 9.17) is 10.00 Å². The van der Waals surface area contributed by atoms with E-state index in [0.29, 0.717) is 6.61 Å². The Morgan fingerprint density at radius 2 is 2.38 bits per heavy atom. The van der Waals surface area contributed by atoms with E-state index < -0.39 is 0 Å². The van der Waals surface area contributed by atoms with Gasteiger partial charge in [0.25, 0.3) is 0 Å². The van der Waals surface area contributed by atoms with Crippen molar-refractivity contribution in [2.75, 3.05) is 26.3 Å². The highest BCUT2D eigenvalue weighted by atomic mass is 16.5. The first kappa shape index (κ1) is 10.5. The first-order chi connectivity index (χ1) is 6.38. The lowest BCUT2D eigenvalue weighted by Crippen LogP contribution is -2.44. The molecule has 0 aromatic heterocycles. The van der Waals surface area contributed by atoms with E-state index in [0.717, 1.165) is 19.7 Å². The minimum Gasteiger partial charge on any atom is -0.377 e. The molecule has 0 saturated carbocycles. The molecule has 0 amide bonds. The van der Waals surface area contributed by atoms with Crippen molar-refractivity contribution in [1.29, 1.82) is 5.26 Å². The highest BCUT2D eigenvalue weighted by molar-refractivity contribution is 4.93. The van der Waals surface area contributed by atoms with Gasteiger partial charge in [-0.25, -0.2) is 0 Å². The third-order valence-corrected chi connectivity index (χ3v) is 2.44. The monoisotopic (exact) mass is 182 g/mol. The maximum Gasteiger partial charge on any atom is 0.121 e. The Balaban J connectivity index is 2.24. The van der Waals surface area contributed by atoms with Gasteiger partial charge in [0.05, 0.1) is 19.3 Å². The standard InChI is InChI=1S/C10H18N2O/c1-2-3-4-5-12-6-7-13-9-10(12)8-11/h10H,2-7,9H2,1H3. The fraction of sp³-hybridized carbons (Fsp3) is 0.900. The number of hydrogen-bond donors (Lipinski definition) is 0. The summed E-state index contributed by atoms with van der Waals surface area (Å²) in [6, 6.07) is 2.27. The lowest BCUT2D eigenvalue weighted by atomic mass is 10.2. The van der Waals surface area contributed by atoms with Crippen LogP contribution in [0.25, 0.3) is 0 Å². The highest BCUT2D eigenvalue weighted by Crippen LogP contribution is 2.07. The summed E-state index contributed by atoms with van der Waals surface area (Å²) in [4.78, 5) is 2.24. The maximum absolute atomic E-state index is 8.85. The Hall–Kier alpha value is -0.590. The first-order valence-corrected chi connectivity index (χ1v) is 5.10. The zero-order chi connectivity index (χ0) is 9.52. The minimum absolute atomic E-state index is 0.00870. The van der Waals surface area contributed by atoms with Crippen LogP contribution < -0.4 is 0 Å². The molecule has 0 aromatic carbocycles. The number of unbranched alkanes of at least 4 members (excludes halogenated alkanes) is 2. The summed E-state index contributed by atoms with van der Waals surface area (Å²) in [5, 5.41) is 8.85. The first-order valence-electron chi connectivity index (χ1n) is 5.10. The molecule has 1 aliphatic heterocycles. The summed E-state index contributed by atoms with van der Waals surface area (Å²) in [6.07, 6.45) is 3.70. The van der Waals surface area contributed by atoms with E-state index in [9.17, 15) is 0 Å². The third-order valence-electron chi connectivity index (χ3n) is 2.44. The fourth-order valence-electron chi connectivity index (χ4n) is 1.59. The second kappa shape index (κ2) is 5.95. The van der Waals surface area contributed by atoms with E-state index in [1.165, 1.54) is 19.3 Å². The molecule has 0 N–H and O–H groups in total. The lowest BCUT2D eigenvalue weighted by Gasteiger charge is -2.31. The molecular formula is C10H18N2O. The molecule has 1 saturated heterocycles. The number of nitriles is 1. The predicted octanol–water partition coefficient (Wildman–Crippen LogP) is 1.40. The zero-order valence-electron chi connectivity index (χ0n) is 8.33.